The Bertz CT molecular complexity index is 595. The van der Waals surface area contributed by atoms with Crippen LogP contribution in [0.2, 0.25) is 0 Å². The van der Waals surface area contributed by atoms with E-state index in [0.29, 0.717) is 31.0 Å². The van der Waals surface area contributed by atoms with Crippen LogP contribution in [0.4, 0.5) is 5.69 Å². The number of amides is 1. The Morgan fingerprint density at radius 2 is 2.19 bits per heavy atom. The van der Waals surface area contributed by atoms with E-state index in [4.69, 9.17) is 10.5 Å². The molecule has 0 saturated carbocycles. The van der Waals surface area contributed by atoms with Crippen LogP contribution in [0.5, 0.6) is 5.75 Å². The molecule has 1 aromatic heterocycles. The first-order chi connectivity index (χ1) is 10.2. The van der Waals surface area contributed by atoms with E-state index >= 15 is 0 Å². The highest BCUT2D eigenvalue weighted by Crippen LogP contribution is 2.19. The number of hydrogen-bond acceptors (Lipinski definition) is 4. The molecule has 0 fully saturated rings. The third-order valence-electron chi connectivity index (χ3n) is 3.13. The van der Waals surface area contributed by atoms with Gasteiger partial charge in [-0.05, 0) is 18.2 Å². The van der Waals surface area contributed by atoms with Gasteiger partial charge in [0.2, 0.25) is 5.91 Å². The molecular formula is C15H20N4O2. The summed E-state index contributed by atoms with van der Waals surface area (Å²) >= 11 is 0. The van der Waals surface area contributed by atoms with E-state index in [-0.39, 0.29) is 5.91 Å². The van der Waals surface area contributed by atoms with Gasteiger partial charge in [0.15, 0.2) is 0 Å². The molecule has 0 aliphatic heterocycles. The fraction of sp³-hybridized carbons (Fsp3) is 0.333. The number of benzene rings is 1. The van der Waals surface area contributed by atoms with Crippen LogP contribution in [0.25, 0.3) is 0 Å². The van der Waals surface area contributed by atoms with E-state index in [0.717, 1.165) is 12.1 Å². The Morgan fingerprint density at radius 3 is 2.90 bits per heavy atom. The number of nitrogens with zero attached hydrogens (tertiary/aromatic N) is 2. The molecule has 0 aliphatic carbocycles. The van der Waals surface area contributed by atoms with Crippen LogP contribution in [-0.2, 0) is 18.3 Å². The van der Waals surface area contributed by atoms with Crippen LogP contribution < -0.4 is 15.8 Å². The first-order valence-electron chi connectivity index (χ1n) is 6.87. The number of hydrogen-bond donors (Lipinski definition) is 2. The van der Waals surface area contributed by atoms with E-state index in [9.17, 15) is 4.79 Å². The van der Waals surface area contributed by atoms with Gasteiger partial charge in [0, 0.05) is 31.9 Å². The fourth-order valence-corrected chi connectivity index (χ4v) is 1.93. The molecule has 2 aromatic rings. The van der Waals surface area contributed by atoms with Crippen molar-refractivity contribution in [2.24, 2.45) is 7.05 Å². The van der Waals surface area contributed by atoms with Crippen LogP contribution in [0, 0.1) is 0 Å². The minimum atomic E-state index is -0.0355. The van der Waals surface area contributed by atoms with Crippen molar-refractivity contribution in [2.75, 3.05) is 18.9 Å². The number of ether oxygens (including phenoxy) is 1. The van der Waals surface area contributed by atoms with Crippen LogP contribution >= 0.6 is 0 Å². The molecule has 112 valence electrons. The molecule has 0 saturated heterocycles. The lowest BCUT2D eigenvalue weighted by Gasteiger charge is -2.09. The lowest BCUT2D eigenvalue weighted by Crippen LogP contribution is -2.27. The lowest BCUT2D eigenvalue weighted by atomic mass is 10.3. The Kier molecular flexibility index (Phi) is 5.20. The second-order valence-corrected chi connectivity index (χ2v) is 4.68. The molecule has 0 spiro atoms. The summed E-state index contributed by atoms with van der Waals surface area (Å²) in [6, 6.07) is 9.18. The third-order valence-corrected chi connectivity index (χ3v) is 3.13. The molecule has 2 rings (SSSR count). The minimum absolute atomic E-state index is 0.0355. The fourth-order valence-electron chi connectivity index (χ4n) is 1.93. The SMILES string of the molecule is Cn1nccc1CCNC(=O)CCOc1ccccc1N. The van der Waals surface area contributed by atoms with Gasteiger partial charge in [-0.15, -0.1) is 0 Å². The lowest BCUT2D eigenvalue weighted by molar-refractivity contribution is -0.121. The van der Waals surface area contributed by atoms with Crippen molar-refractivity contribution in [3.8, 4) is 5.75 Å². The van der Waals surface area contributed by atoms with Crippen LogP contribution in [0.15, 0.2) is 36.5 Å². The molecule has 0 radical (unpaired) electrons. The van der Waals surface area contributed by atoms with Gasteiger partial charge >= 0.3 is 0 Å². The maximum absolute atomic E-state index is 11.7. The van der Waals surface area contributed by atoms with Gasteiger partial charge in [-0.1, -0.05) is 12.1 Å². The maximum atomic E-state index is 11.7. The minimum Gasteiger partial charge on any atom is -0.491 e. The number of anilines is 1. The van der Waals surface area contributed by atoms with Crippen molar-refractivity contribution in [1.82, 2.24) is 15.1 Å². The Balaban J connectivity index is 1.64. The summed E-state index contributed by atoms with van der Waals surface area (Å²) in [5.41, 5.74) is 7.42. The van der Waals surface area contributed by atoms with Crippen LogP contribution in [0.1, 0.15) is 12.1 Å². The average Bonchev–Trinajstić information content (AvgIpc) is 2.87. The number of nitrogens with one attached hydrogen (secondary N) is 1. The number of carbonyl (C=O) groups excluding carboxylic acids is 1. The van der Waals surface area contributed by atoms with Gasteiger partial charge in [-0.25, -0.2) is 0 Å². The number of nitrogens with two attached hydrogens (primary N) is 1. The highest BCUT2D eigenvalue weighted by Gasteiger charge is 2.04. The molecule has 6 heteroatoms. The summed E-state index contributed by atoms with van der Waals surface area (Å²) in [5, 5.41) is 6.94. The van der Waals surface area contributed by atoms with Gasteiger partial charge < -0.3 is 15.8 Å². The molecule has 3 N–H and O–H groups in total. The van der Waals surface area contributed by atoms with Gasteiger partial charge in [0.05, 0.1) is 18.7 Å². The van der Waals surface area contributed by atoms with E-state index < -0.39 is 0 Å². The zero-order valence-corrected chi connectivity index (χ0v) is 12.1. The number of aromatic nitrogens is 2. The van der Waals surface area contributed by atoms with Crippen molar-refractivity contribution in [1.29, 1.82) is 0 Å². The summed E-state index contributed by atoms with van der Waals surface area (Å²) in [7, 11) is 1.88. The maximum Gasteiger partial charge on any atom is 0.223 e. The monoisotopic (exact) mass is 288 g/mol. The summed E-state index contributed by atoms with van der Waals surface area (Å²) in [5.74, 6) is 0.576. The second kappa shape index (κ2) is 7.33. The molecular weight excluding hydrogens is 268 g/mol. The van der Waals surface area contributed by atoms with Crippen molar-refractivity contribution in [2.45, 2.75) is 12.8 Å². The first-order valence-corrected chi connectivity index (χ1v) is 6.87. The molecule has 1 amide bonds. The van der Waals surface area contributed by atoms with Gasteiger partial charge in [-0.3, -0.25) is 9.48 Å². The largest absolute Gasteiger partial charge is 0.491 e. The quantitative estimate of drug-likeness (QED) is 0.748. The highest BCUT2D eigenvalue weighted by molar-refractivity contribution is 5.76. The predicted octanol–water partition coefficient (Wildman–Crippen LogP) is 1.13. The Morgan fingerprint density at radius 1 is 1.38 bits per heavy atom. The predicted molar refractivity (Wildman–Crippen MR) is 80.9 cm³/mol. The number of nitrogen functional groups attached to an aromatic ring is 1. The van der Waals surface area contributed by atoms with Crippen molar-refractivity contribution >= 4 is 11.6 Å². The number of aryl methyl sites for hydroxylation is 1. The van der Waals surface area contributed by atoms with Crippen molar-refractivity contribution in [3.63, 3.8) is 0 Å². The Labute approximate surface area is 123 Å². The number of para-hydroxylation sites is 2. The number of carbonyl (C=O) groups is 1. The standard InChI is InChI=1S/C15H20N4O2/c1-19-12(7-10-18-19)6-9-17-15(20)8-11-21-14-5-3-2-4-13(14)16/h2-5,7,10H,6,8-9,11,16H2,1H3,(H,17,20). The van der Waals surface area contributed by atoms with Gasteiger partial charge in [0.25, 0.3) is 0 Å². The van der Waals surface area contributed by atoms with E-state index in [1.54, 1.807) is 23.0 Å². The summed E-state index contributed by atoms with van der Waals surface area (Å²) in [6.45, 7) is 0.900. The normalized spacial score (nSPS) is 10.3. The molecule has 1 aromatic carbocycles. The van der Waals surface area contributed by atoms with Gasteiger partial charge in [-0.2, -0.15) is 5.10 Å². The van der Waals surface area contributed by atoms with Crippen LogP contribution in [0.3, 0.4) is 0 Å². The zero-order chi connectivity index (χ0) is 15.1. The van der Waals surface area contributed by atoms with Crippen molar-refractivity contribution < 1.29 is 9.53 Å². The van der Waals surface area contributed by atoms with Crippen molar-refractivity contribution in [3.05, 3.63) is 42.2 Å². The average molecular weight is 288 g/mol. The first kappa shape index (κ1) is 14.9. The Hall–Kier alpha value is -2.50. The highest BCUT2D eigenvalue weighted by atomic mass is 16.5. The summed E-state index contributed by atoms with van der Waals surface area (Å²) in [6.07, 6.45) is 2.81. The van der Waals surface area contributed by atoms with E-state index in [2.05, 4.69) is 10.4 Å². The van der Waals surface area contributed by atoms with Crippen LogP contribution in [-0.4, -0.2) is 28.8 Å². The molecule has 0 bridgehead atoms. The second-order valence-electron chi connectivity index (χ2n) is 4.68. The topological polar surface area (TPSA) is 82.2 Å². The molecule has 6 nitrogen and oxygen atoms in total. The molecule has 1 heterocycles. The zero-order valence-electron chi connectivity index (χ0n) is 12.1. The molecule has 0 unspecified atom stereocenters. The molecule has 0 aliphatic rings. The third kappa shape index (κ3) is 4.52. The molecule has 0 atom stereocenters. The number of rotatable bonds is 7. The summed E-state index contributed by atoms with van der Waals surface area (Å²) < 4.78 is 7.28. The summed E-state index contributed by atoms with van der Waals surface area (Å²) in [4.78, 5) is 11.7. The van der Waals surface area contributed by atoms with E-state index in [1.807, 2.05) is 25.2 Å². The molecule has 21 heavy (non-hydrogen) atoms. The van der Waals surface area contributed by atoms with Gasteiger partial charge in [0.1, 0.15) is 5.75 Å². The smallest absolute Gasteiger partial charge is 0.223 e. The van der Waals surface area contributed by atoms with E-state index in [1.165, 1.54) is 0 Å².